The molecule has 0 fully saturated rings. The van der Waals surface area contributed by atoms with Crippen molar-refractivity contribution in [1.82, 2.24) is 0 Å². The summed E-state index contributed by atoms with van der Waals surface area (Å²) < 4.78 is 0. The van der Waals surface area contributed by atoms with Crippen molar-refractivity contribution in [3.05, 3.63) is 83.4 Å². The fourth-order valence-electron chi connectivity index (χ4n) is 3.80. The molecule has 0 bridgehead atoms. The minimum atomic E-state index is -1.09. The molecule has 0 saturated heterocycles. The number of hydrogen-bond donors (Lipinski definition) is 0. The van der Waals surface area contributed by atoms with Gasteiger partial charge in [-0.3, -0.25) is 9.59 Å². The van der Waals surface area contributed by atoms with E-state index in [2.05, 4.69) is 0 Å². The number of carbonyl (C=O) groups is 2. The van der Waals surface area contributed by atoms with Gasteiger partial charge >= 0.3 is 0 Å². The predicted molar refractivity (Wildman–Crippen MR) is 91.0 cm³/mol. The Hall–Kier alpha value is -2.74. The first-order chi connectivity index (χ1) is 11.2. The molecule has 0 heterocycles. The van der Waals surface area contributed by atoms with E-state index >= 15 is 0 Å². The van der Waals surface area contributed by atoms with Gasteiger partial charge in [0.05, 0.1) is 0 Å². The van der Waals surface area contributed by atoms with E-state index in [0.717, 1.165) is 16.3 Å². The largest absolute Gasteiger partial charge is 0.293 e. The third kappa shape index (κ3) is 1.69. The summed E-state index contributed by atoms with van der Waals surface area (Å²) >= 11 is 0. The molecule has 4 rings (SSSR count). The summed E-state index contributed by atoms with van der Waals surface area (Å²) in [4.78, 5) is 26.4. The molecule has 3 aromatic carbocycles. The molecule has 23 heavy (non-hydrogen) atoms. The van der Waals surface area contributed by atoms with Gasteiger partial charge in [-0.25, -0.2) is 0 Å². The molecule has 0 amide bonds. The molecule has 0 aromatic heterocycles. The highest BCUT2D eigenvalue weighted by Crippen LogP contribution is 2.44. The van der Waals surface area contributed by atoms with Crippen LogP contribution in [0.2, 0.25) is 0 Å². The highest BCUT2D eigenvalue weighted by molar-refractivity contribution is 6.34. The van der Waals surface area contributed by atoms with Gasteiger partial charge in [0.25, 0.3) is 0 Å². The monoisotopic (exact) mass is 300 g/mol. The second-order valence-electron chi connectivity index (χ2n) is 5.99. The van der Waals surface area contributed by atoms with Crippen molar-refractivity contribution in [3.8, 4) is 0 Å². The van der Waals surface area contributed by atoms with Gasteiger partial charge in [-0.2, -0.15) is 0 Å². The maximum atomic E-state index is 13.2. The Morgan fingerprint density at radius 2 is 1.30 bits per heavy atom. The minimum absolute atomic E-state index is 0.0723. The zero-order valence-electron chi connectivity index (χ0n) is 12.9. The summed E-state index contributed by atoms with van der Waals surface area (Å²) in [5.41, 5.74) is 0.828. The maximum Gasteiger partial charge on any atom is 0.181 e. The molecule has 1 aliphatic carbocycles. The number of hydrogen-bond acceptors (Lipinski definition) is 2. The number of benzene rings is 3. The highest BCUT2D eigenvalue weighted by atomic mass is 16.2. The van der Waals surface area contributed by atoms with Gasteiger partial charge in [-0.05, 0) is 22.8 Å². The molecule has 0 aliphatic heterocycles. The first-order valence-corrected chi connectivity index (χ1v) is 7.87. The van der Waals surface area contributed by atoms with E-state index < -0.39 is 5.41 Å². The molecule has 0 N–H and O–H groups in total. The van der Waals surface area contributed by atoms with E-state index in [1.165, 1.54) is 0 Å². The molecular formula is C21H16O2. The number of carbonyl (C=O) groups excluding carboxylic acids is 2. The first-order valence-electron chi connectivity index (χ1n) is 7.87. The first kappa shape index (κ1) is 13.9. The summed E-state index contributed by atoms with van der Waals surface area (Å²) in [6.07, 6.45) is 0.466. The summed E-state index contributed by atoms with van der Waals surface area (Å²) in [6, 6.07) is 21.0. The van der Waals surface area contributed by atoms with Gasteiger partial charge in [0, 0.05) is 11.1 Å². The van der Waals surface area contributed by atoms with Crippen LogP contribution in [0.25, 0.3) is 10.8 Å². The van der Waals surface area contributed by atoms with Crippen LogP contribution in [0.3, 0.4) is 0 Å². The van der Waals surface area contributed by atoms with E-state index in [4.69, 9.17) is 0 Å². The Bertz CT molecular complexity index is 912. The molecule has 2 nitrogen and oxygen atoms in total. The van der Waals surface area contributed by atoms with Crippen molar-refractivity contribution in [2.24, 2.45) is 0 Å². The fraction of sp³-hybridized carbons (Fsp3) is 0.143. The Morgan fingerprint density at radius 3 is 1.96 bits per heavy atom. The Labute approximate surface area is 134 Å². The third-order valence-corrected chi connectivity index (χ3v) is 4.97. The number of fused-ring (bicyclic) bond motifs is 2. The molecule has 0 unspecified atom stereocenters. The van der Waals surface area contributed by atoms with E-state index in [0.29, 0.717) is 17.5 Å². The summed E-state index contributed by atoms with van der Waals surface area (Å²) in [5.74, 6) is -0.145. The van der Waals surface area contributed by atoms with Gasteiger partial charge in [0.2, 0.25) is 0 Å². The number of ketones is 2. The van der Waals surface area contributed by atoms with Crippen LogP contribution in [-0.2, 0) is 5.41 Å². The predicted octanol–water partition coefficient (Wildman–Crippen LogP) is 4.57. The summed E-state index contributed by atoms with van der Waals surface area (Å²) in [6.45, 7) is 1.92. The van der Waals surface area contributed by atoms with Crippen molar-refractivity contribution in [1.29, 1.82) is 0 Å². The molecule has 112 valence electrons. The quantitative estimate of drug-likeness (QED) is 0.650. The molecule has 0 saturated carbocycles. The third-order valence-electron chi connectivity index (χ3n) is 4.97. The molecule has 1 aliphatic rings. The van der Waals surface area contributed by atoms with E-state index in [9.17, 15) is 9.59 Å². The topological polar surface area (TPSA) is 34.1 Å². The van der Waals surface area contributed by atoms with E-state index in [1.54, 1.807) is 12.1 Å². The van der Waals surface area contributed by atoms with E-state index in [1.807, 2.05) is 61.5 Å². The van der Waals surface area contributed by atoms with Crippen LogP contribution >= 0.6 is 0 Å². The maximum absolute atomic E-state index is 13.2. The standard InChI is InChI=1S/C21H16O2/c1-2-21(18-13-7-9-14-8-3-4-10-15(14)18)19(22)16-11-5-6-12-17(16)20(21)23/h3-13H,2H2,1H3. The summed E-state index contributed by atoms with van der Waals surface area (Å²) in [5, 5.41) is 2.03. The second-order valence-corrected chi connectivity index (χ2v) is 5.99. The van der Waals surface area contributed by atoms with Crippen molar-refractivity contribution in [2.75, 3.05) is 0 Å². The van der Waals surface area contributed by atoms with Gasteiger partial charge in [-0.1, -0.05) is 73.7 Å². The Kier molecular flexibility index (Phi) is 2.95. The van der Waals surface area contributed by atoms with Crippen LogP contribution in [0, 0.1) is 0 Å². The molecule has 2 heteroatoms. The number of rotatable bonds is 2. The van der Waals surface area contributed by atoms with Crippen molar-refractivity contribution in [2.45, 2.75) is 18.8 Å². The highest BCUT2D eigenvalue weighted by Gasteiger charge is 2.53. The average molecular weight is 300 g/mol. The van der Waals surface area contributed by atoms with Crippen LogP contribution in [0.15, 0.2) is 66.7 Å². The van der Waals surface area contributed by atoms with Crippen LogP contribution in [0.5, 0.6) is 0 Å². The minimum Gasteiger partial charge on any atom is -0.293 e. The smallest absolute Gasteiger partial charge is 0.181 e. The SMILES string of the molecule is CCC1(c2cccc3ccccc23)C(=O)c2ccccc2C1=O. The normalized spacial score (nSPS) is 15.9. The lowest BCUT2D eigenvalue weighted by Gasteiger charge is -2.26. The molecule has 3 aromatic rings. The Balaban J connectivity index is 2.06. The van der Waals surface area contributed by atoms with Crippen molar-refractivity contribution >= 4 is 22.3 Å². The van der Waals surface area contributed by atoms with Gasteiger partial charge in [-0.15, -0.1) is 0 Å². The molecule has 0 radical (unpaired) electrons. The fourth-order valence-corrected chi connectivity index (χ4v) is 3.80. The molecule has 0 atom stereocenters. The lowest BCUT2D eigenvalue weighted by atomic mass is 9.72. The lowest BCUT2D eigenvalue weighted by Crippen LogP contribution is -2.37. The zero-order valence-corrected chi connectivity index (χ0v) is 12.9. The van der Waals surface area contributed by atoms with Gasteiger partial charge in [0.15, 0.2) is 11.6 Å². The van der Waals surface area contributed by atoms with E-state index in [-0.39, 0.29) is 11.6 Å². The van der Waals surface area contributed by atoms with Gasteiger partial charge < -0.3 is 0 Å². The van der Waals surface area contributed by atoms with Crippen LogP contribution in [0.1, 0.15) is 39.6 Å². The van der Waals surface area contributed by atoms with Crippen molar-refractivity contribution < 1.29 is 9.59 Å². The van der Waals surface area contributed by atoms with Crippen LogP contribution < -0.4 is 0 Å². The average Bonchev–Trinajstić information content (AvgIpc) is 2.83. The molecular weight excluding hydrogens is 284 g/mol. The second kappa shape index (κ2) is 4.88. The van der Waals surface area contributed by atoms with Crippen LogP contribution in [-0.4, -0.2) is 11.6 Å². The van der Waals surface area contributed by atoms with Crippen molar-refractivity contribution in [3.63, 3.8) is 0 Å². The van der Waals surface area contributed by atoms with Gasteiger partial charge in [0.1, 0.15) is 5.41 Å². The zero-order chi connectivity index (χ0) is 16.0. The lowest BCUT2D eigenvalue weighted by molar-refractivity contribution is 0.0790. The Morgan fingerprint density at radius 1 is 0.739 bits per heavy atom. The number of Topliss-reactive ketones (excluding diaryl/α,β-unsaturated/α-hetero) is 2. The van der Waals surface area contributed by atoms with Crippen LogP contribution in [0.4, 0.5) is 0 Å². The summed E-state index contributed by atoms with van der Waals surface area (Å²) in [7, 11) is 0. The molecule has 0 spiro atoms.